The van der Waals surface area contributed by atoms with Gasteiger partial charge in [0.25, 0.3) is 0 Å². The lowest BCUT2D eigenvalue weighted by molar-refractivity contribution is -0.118. The molecule has 8 nitrogen and oxygen atoms in total. The summed E-state index contributed by atoms with van der Waals surface area (Å²) in [5.74, 6) is -0.498. The normalized spacial score (nSPS) is 12.1. The van der Waals surface area contributed by atoms with Crippen LogP contribution in [0.25, 0.3) is 0 Å². The quantitative estimate of drug-likeness (QED) is 0.471. The Labute approximate surface area is 206 Å². The van der Waals surface area contributed by atoms with Crippen molar-refractivity contribution in [2.24, 2.45) is 0 Å². The van der Waals surface area contributed by atoms with Crippen LogP contribution in [-0.2, 0) is 32.6 Å². The summed E-state index contributed by atoms with van der Waals surface area (Å²) in [5, 5.41) is 5.36. The summed E-state index contributed by atoms with van der Waals surface area (Å²) in [4.78, 5) is 25.7. The Morgan fingerprint density at radius 1 is 0.914 bits per heavy atom. The average Bonchev–Trinajstić information content (AvgIpc) is 2.84. The van der Waals surface area contributed by atoms with Crippen LogP contribution >= 0.6 is 0 Å². The zero-order valence-corrected chi connectivity index (χ0v) is 20.7. The molecule has 0 aliphatic rings. The summed E-state index contributed by atoms with van der Waals surface area (Å²) in [5.41, 5.74) is 2.52. The van der Waals surface area contributed by atoms with Crippen LogP contribution in [-0.4, -0.2) is 44.9 Å². The zero-order valence-electron chi connectivity index (χ0n) is 19.9. The van der Waals surface area contributed by atoms with E-state index in [1.165, 1.54) is 20.2 Å². The standard InChI is InChI=1S/C26H29N3O5S/c1-19-14-15-22(17-24(19)35(32,33)29(2)3)27-25(30)23(16-20-10-6-4-7-11-20)28-26(31)34-18-21-12-8-5-9-13-21/h4-15,17,23H,16,18H2,1-3H3,(H,27,30)(H,28,31)/t23-/m0/s1. The van der Waals surface area contributed by atoms with Crippen LogP contribution in [0.1, 0.15) is 16.7 Å². The number of ether oxygens (including phenoxy) is 1. The first-order chi connectivity index (χ1) is 16.7. The molecule has 0 spiro atoms. The van der Waals surface area contributed by atoms with E-state index in [9.17, 15) is 18.0 Å². The molecule has 0 aromatic heterocycles. The van der Waals surface area contributed by atoms with E-state index in [2.05, 4.69) is 10.6 Å². The van der Waals surface area contributed by atoms with E-state index in [-0.39, 0.29) is 17.9 Å². The Balaban J connectivity index is 1.77. The molecule has 3 aromatic rings. The molecule has 2 N–H and O–H groups in total. The molecule has 0 fully saturated rings. The second kappa shape index (κ2) is 11.6. The summed E-state index contributed by atoms with van der Waals surface area (Å²) < 4.78 is 31.7. The smallest absolute Gasteiger partial charge is 0.408 e. The van der Waals surface area contributed by atoms with Gasteiger partial charge in [-0.2, -0.15) is 0 Å². The molecule has 9 heteroatoms. The van der Waals surface area contributed by atoms with Gasteiger partial charge in [0, 0.05) is 26.2 Å². The van der Waals surface area contributed by atoms with Gasteiger partial charge in [-0.3, -0.25) is 4.79 Å². The number of hydrogen-bond acceptors (Lipinski definition) is 5. The molecule has 0 saturated heterocycles. The molecule has 184 valence electrons. The van der Waals surface area contributed by atoms with E-state index in [4.69, 9.17) is 4.74 Å². The van der Waals surface area contributed by atoms with Crippen LogP contribution in [0.3, 0.4) is 0 Å². The lowest BCUT2D eigenvalue weighted by Gasteiger charge is -2.20. The molecule has 0 aliphatic carbocycles. The minimum atomic E-state index is -3.70. The molecule has 1 atom stereocenters. The monoisotopic (exact) mass is 495 g/mol. The van der Waals surface area contributed by atoms with Gasteiger partial charge in [-0.1, -0.05) is 66.7 Å². The number of hydrogen-bond donors (Lipinski definition) is 2. The van der Waals surface area contributed by atoms with E-state index in [0.29, 0.717) is 11.3 Å². The Morgan fingerprint density at radius 2 is 1.51 bits per heavy atom. The maximum Gasteiger partial charge on any atom is 0.408 e. The molecular weight excluding hydrogens is 466 g/mol. The third-order valence-electron chi connectivity index (χ3n) is 5.32. The number of benzene rings is 3. The van der Waals surface area contributed by atoms with Crippen molar-refractivity contribution in [1.29, 1.82) is 0 Å². The van der Waals surface area contributed by atoms with Gasteiger partial charge in [0.15, 0.2) is 0 Å². The molecule has 0 saturated carbocycles. The number of anilines is 1. The van der Waals surface area contributed by atoms with Crippen molar-refractivity contribution in [1.82, 2.24) is 9.62 Å². The van der Waals surface area contributed by atoms with Crippen LogP contribution in [0.15, 0.2) is 83.8 Å². The number of nitrogens with one attached hydrogen (secondary N) is 2. The minimum absolute atomic E-state index is 0.0655. The van der Waals surface area contributed by atoms with Crippen molar-refractivity contribution < 1.29 is 22.7 Å². The maximum atomic E-state index is 13.2. The molecule has 2 amide bonds. The number of alkyl carbamates (subject to hydrolysis) is 1. The minimum Gasteiger partial charge on any atom is -0.445 e. The van der Waals surface area contributed by atoms with Crippen molar-refractivity contribution in [3.63, 3.8) is 0 Å². The first kappa shape index (κ1) is 25.9. The third kappa shape index (κ3) is 7.14. The molecule has 0 aliphatic heterocycles. The number of sulfonamides is 1. The zero-order chi connectivity index (χ0) is 25.4. The van der Waals surface area contributed by atoms with Crippen molar-refractivity contribution >= 4 is 27.7 Å². The SMILES string of the molecule is Cc1ccc(NC(=O)[C@H](Cc2ccccc2)NC(=O)OCc2ccccc2)cc1S(=O)(=O)N(C)C. The molecule has 0 bridgehead atoms. The first-order valence-electron chi connectivity index (χ1n) is 11.0. The maximum absolute atomic E-state index is 13.2. The van der Waals surface area contributed by atoms with Gasteiger partial charge in [0.05, 0.1) is 4.90 Å². The van der Waals surface area contributed by atoms with Gasteiger partial charge in [0.2, 0.25) is 15.9 Å². The Hall–Kier alpha value is -3.69. The Bertz CT molecular complexity index is 1260. The molecule has 35 heavy (non-hydrogen) atoms. The van der Waals surface area contributed by atoms with Crippen LogP contribution in [0, 0.1) is 6.92 Å². The lowest BCUT2D eigenvalue weighted by atomic mass is 10.1. The van der Waals surface area contributed by atoms with Crippen LogP contribution in [0.5, 0.6) is 0 Å². The van der Waals surface area contributed by atoms with Gasteiger partial charge in [-0.05, 0) is 35.7 Å². The first-order valence-corrected chi connectivity index (χ1v) is 12.5. The highest BCUT2D eigenvalue weighted by molar-refractivity contribution is 7.89. The number of carbonyl (C=O) groups is 2. The molecule has 3 rings (SSSR count). The number of carbonyl (C=O) groups excluding carboxylic acids is 2. The van der Waals surface area contributed by atoms with Crippen LogP contribution < -0.4 is 10.6 Å². The molecule has 0 radical (unpaired) electrons. The lowest BCUT2D eigenvalue weighted by Crippen LogP contribution is -2.45. The molecule has 0 unspecified atom stereocenters. The summed E-state index contributed by atoms with van der Waals surface area (Å²) in [6.07, 6.45) is -0.508. The molecular formula is C26H29N3O5S. The van der Waals surface area contributed by atoms with Gasteiger partial charge in [-0.15, -0.1) is 0 Å². The number of amides is 2. The predicted molar refractivity (Wildman–Crippen MR) is 134 cm³/mol. The van der Waals surface area contributed by atoms with Crippen LogP contribution in [0.2, 0.25) is 0 Å². The summed E-state index contributed by atoms with van der Waals surface area (Å²) in [6.45, 7) is 1.75. The van der Waals surface area contributed by atoms with E-state index in [1.54, 1.807) is 19.1 Å². The largest absolute Gasteiger partial charge is 0.445 e. The van der Waals surface area contributed by atoms with Crippen molar-refractivity contribution in [3.05, 3.63) is 95.6 Å². The van der Waals surface area contributed by atoms with E-state index in [0.717, 1.165) is 15.4 Å². The molecule has 0 heterocycles. The fourth-order valence-corrected chi connectivity index (χ4v) is 4.49. The summed E-state index contributed by atoms with van der Waals surface area (Å²) in [6, 6.07) is 22.2. The van der Waals surface area contributed by atoms with Gasteiger partial charge < -0.3 is 15.4 Å². The highest BCUT2D eigenvalue weighted by atomic mass is 32.2. The van der Waals surface area contributed by atoms with E-state index in [1.807, 2.05) is 60.7 Å². The average molecular weight is 496 g/mol. The van der Waals surface area contributed by atoms with Crippen molar-refractivity contribution in [2.45, 2.75) is 30.9 Å². The third-order valence-corrected chi connectivity index (χ3v) is 7.28. The second-order valence-corrected chi connectivity index (χ2v) is 10.3. The van der Waals surface area contributed by atoms with Gasteiger partial charge in [0.1, 0.15) is 12.6 Å². The van der Waals surface area contributed by atoms with Gasteiger partial charge >= 0.3 is 6.09 Å². The predicted octanol–water partition coefficient (Wildman–Crippen LogP) is 3.72. The van der Waals surface area contributed by atoms with E-state index >= 15 is 0 Å². The van der Waals surface area contributed by atoms with Crippen molar-refractivity contribution in [2.75, 3.05) is 19.4 Å². The Morgan fingerprint density at radius 3 is 2.11 bits per heavy atom. The fourth-order valence-electron chi connectivity index (χ4n) is 3.35. The molecule has 3 aromatic carbocycles. The van der Waals surface area contributed by atoms with Crippen molar-refractivity contribution in [3.8, 4) is 0 Å². The van der Waals surface area contributed by atoms with Gasteiger partial charge in [-0.25, -0.2) is 17.5 Å². The number of nitrogens with zero attached hydrogens (tertiary/aromatic N) is 1. The summed E-state index contributed by atoms with van der Waals surface area (Å²) in [7, 11) is -0.804. The number of aryl methyl sites for hydroxylation is 1. The highest BCUT2D eigenvalue weighted by Gasteiger charge is 2.24. The summed E-state index contributed by atoms with van der Waals surface area (Å²) >= 11 is 0. The van der Waals surface area contributed by atoms with E-state index < -0.39 is 28.1 Å². The second-order valence-electron chi connectivity index (χ2n) is 8.21. The van der Waals surface area contributed by atoms with Crippen LogP contribution in [0.4, 0.5) is 10.5 Å². The fraction of sp³-hybridized carbons (Fsp3) is 0.231. The Kier molecular flexibility index (Phi) is 8.62. The topological polar surface area (TPSA) is 105 Å². The highest BCUT2D eigenvalue weighted by Crippen LogP contribution is 2.22. The number of rotatable bonds is 9.